The lowest BCUT2D eigenvalue weighted by molar-refractivity contribution is -0.152. The molecule has 238 valence electrons. The first-order chi connectivity index (χ1) is 21.0. The zero-order valence-corrected chi connectivity index (χ0v) is 26.6. The van der Waals surface area contributed by atoms with Gasteiger partial charge in [0, 0.05) is 23.8 Å². The van der Waals surface area contributed by atoms with E-state index in [-0.39, 0.29) is 37.0 Å². The molecule has 2 aromatic carbocycles. The van der Waals surface area contributed by atoms with Gasteiger partial charge >= 0.3 is 6.09 Å². The topological polar surface area (TPSA) is 126 Å². The quantitative estimate of drug-likeness (QED) is 0.387. The molecule has 10 nitrogen and oxygen atoms in total. The highest BCUT2D eigenvalue weighted by Gasteiger charge is 2.50. The fraction of sp³-hybridized carbons (Fsp3) is 0.545. The average molecular weight is 626 g/mol. The summed E-state index contributed by atoms with van der Waals surface area (Å²) in [6.45, 7) is 9.02. The predicted molar refractivity (Wildman–Crippen MR) is 167 cm³/mol. The molecular weight excluding hydrogens is 582 g/mol. The molecule has 0 unspecified atom stereocenters. The smallest absolute Gasteiger partial charge is 0.407 e. The van der Waals surface area contributed by atoms with E-state index < -0.39 is 41.0 Å². The van der Waals surface area contributed by atoms with Crippen molar-refractivity contribution in [2.45, 2.75) is 88.8 Å². The molecule has 3 heterocycles. The van der Waals surface area contributed by atoms with Crippen LogP contribution in [0.4, 0.5) is 4.79 Å². The van der Waals surface area contributed by atoms with Crippen molar-refractivity contribution in [2.75, 3.05) is 19.1 Å². The van der Waals surface area contributed by atoms with Crippen LogP contribution in [0, 0.1) is 19.8 Å². The number of hydrogen-bond donors (Lipinski definition) is 3. The number of aliphatic hydroxyl groups excluding tert-OH is 1. The Labute approximate surface area is 263 Å². The number of thioether (sulfide) groups is 1. The molecule has 3 N–H and O–H groups in total. The Morgan fingerprint density at radius 2 is 1.82 bits per heavy atom. The molecule has 11 heteroatoms. The fourth-order valence-electron chi connectivity index (χ4n) is 6.33. The average Bonchev–Trinajstić information content (AvgIpc) is 3.55. The molecular formula is C33H43N3O7S. The van der Waals surface area contributed by atoms with Gasteiger partial charge in [-0.05, 0) is 69.2 Å². The van der Waals surface area contributed by atoms with Gasteiger partial charge in [-0.15, -0.1) is 11.8 Å². The summed E-state index contributed by atoms with van der Waals surface area (Å²) < 4.78 is 16.4. The molecule has 2 aromatic rings. The van der Waals surface area contributed by atoms with Gasteiger partial charge < -0.3 is 34.9 Å². The minimum absolute atomic E-state index is 0.0554. The van der Waals surface area contributed by atoms with Crippen molar-refractivity contribution in [3.05, 3.63) is 70.8 Å². The number of nitrogens with zero attached hydrogens (tertiary/aromatic N) is 1. The summed E-state index contributed by atoms with van der Waals surface area (Å²) in [4.78, 5) is 42.1. The van der Waals surface area contributed by atoms with Gasteiger partial charge in [-0.2, -0.15) is 0 Å². The van der Waals surface area contributed by atoms with Crippen molar-refractivity contribution in [1.82, 2.24) is 15.5 Å². The summed E-state index contributed by atoms with van der Waals surface area (Å²) >= 11 is 1.47. The van der Waals surface area contributed by atoms with Gasteiger partial charge in [0.05, 0.1) is 18.5 Å². The molecule has 3 aliphatic rings. The SMILES string of the molecule is Cc1cccc(C)c1CNC(=O)[C@H]1N(C(=O)[C@@H](O)[C@H](Cc2ccccc2)NC(=O)O[C@H]2CO[C@H]3OCCC[C@H]32)CSC1(C)C. The Hall–Kier alpha value is -3.12. The summed E-state index contributed by atoms with van der Waals surface area (Å²) in [6.07, 6.45) is -1.35. The summed E-state index contributed by atoms with van der Waals surface area (Å²) in [5, 5.41) is 17.3. The van der Waals surface area contributed by atoms with Crippen LogP contribution in [0.2, 0.25) is 0 Å². The molecule has 3 fully saturated rings. The molecule has 0 radical (unpaired) electrons. The Balaban J connectivity index is 1.29. The van der Waals surface area contributed by atoms with Gasteiger partial charge in [-0.1, -0.05) is 48.5 Å². The molecule has 3 aliphatic heterocycles. The molecule has 3 amide bonds. The van der Waals surface area contributed by atoms with E-state index in [0.29, 0.717) is 13.2 Å². The maximum absolute atomic E-state index is 13.9. The monoisotopic (exact) mass is 625 g/mol. The van der Waals surface area contributed by atoms with Gasteiger partial charge in [0.2, 0.25) is 5.91 Å². The van der Waals surface area contributed by atoms with Gasteiger partial charge in [0.1, 0.15) is 12.1 Å². The largest absolute Gasteiger partial charge is 0.443 e. The first kappa shape index (κ1) is 32.3. The number of hydrogen-bond acceptors (Lipinski definition) is 8. The Morgan fingerprint density at radius 3 is 2.55 bits per heavy atom. The number of nitrogens with one attached hydrogen (secondary N) is 2. The van der Waals surface area contributed by atoms with Crippen LogP contribution in [-0.4, -0.2) is 82.3 Å². The molecule has 3 saturated heterocycles. The van der Waals surface area contributed by atoms with Crippen LogP contribution in [0.3, 0.4) is 0 Å². The number of aliphatic hydroxyl groups is 1. The van der Waals surface area contributed by atoms with E-state index in [1.54, 1.807) is 0 Å². The minimum atomic E-state index is -1.61. The van der Waals surface area contributed by atoms with E-state index >= 15 is 0 Å². The number of fused-ring (bicyclic) bond motifs is 1. The first-order valence-electron chi connectivity index (χ1n) is 15.2. The molecule has 0 bridgehead atoms. The molecule has 0 spiro atoms. The summed E-state index contributed by atoms with van der Waals surface area (Å²) in [7, 11) is 0. The number of amides is 3. The highest BCUT2D eigenvalue weighted by molar-refractivity contribution is 8.00. The Morgan fingerprint density at radius 1 is 1.09 bits per heavy atom. The molecule has 44 heavy (non-hydrogen) atoms. The van der Waals surface area contributed by atoms with E-state index in [1.807, 2.05) is 76.2 Å². The number of rotatable bonds is 9. The van der Waals surface area contributed by atoms with Crippen molar-refractivity contribution >= 4 is 29.7 Å². The van der Waals surface area contributed by atoms with E-state index in [9.17, 15) is 19.5 Å². The van der Waals surface area contributed by atoms with Crippen molar-refractivity contribution in [3.8, 4) is 0 Å². The van der Waals surface area contributed by atoms with Gasteiger partial charge in [0.15, 0.2) is 12.4 Å². The van der Waals surface area contributed by atoms with Gasteiger partial charge in [-0.25, -0.2) is 4.79 Å². The second-order valence-corrected chi connectivity index (χ2v) is 14.0. The van der Waals surface area contributed by atoms with Crippen LogP contribution in [0.5, 0.6) is 0 Å². The zero-order chi connectivity index (χ0) is 31.4. The summed E-state index contributed by atoms with van der Waals surface area (Å²) in [5.41, 5.74) is 4.01. The van der Waals surface area contributed by atoms with Crippen molar-refractivity contribution < 1.29 is 33.7 Å². The van der Waals surface area contributed by atoms with Crippen LogP contribution in [-0.2, 0) is 36.8 Å². The number of alkyl carbamates (subject to hydrolysis) is 1. The highest BCUT2D eigenvalue weighted by Crippen LogP contribution is 2.40. The lowest BCUT2D eigenvalue weighted by Gasteiger charge is -2.33. The second-order valence-electron chi connectivity index (χ2n) is 12.4. The van der Waals surface area contributed by atoms with Crippen molar-refractivity contribution in [2.24, 2.45) is 5.92 Å². The Bertz CT molecular complexity index is 1320. The van der Waals surface area contributed by atoms with Gasteiger partial charge in [-0.3, -0.25) is 9.59 Å². The van der Waals surface area contributed by atoms with Crippen molar-refractivity contribution in [3.63, 3.8) is 0 Å². The third-order valence-corrected chi connectivity index (χ3v) is 10.2. The van der Waals surface area contributed by atoms with E-state index in [4.69, 9.17) is 14.2 Å². The number of aryl methyl sites for hydroxylation is 2. The first-order valence-corrected chi connectivity index (χ1v) is 16.2. The van der Waals surface area contributed by atoms with Crippen molar-refractivity contribution in [1.29, 1.82) is 0 Å². The van der Waals surface area contributed by atoms with E-state index in [0.717, 1.165) is 35.1 Å². The van der Waals surface area contributed by atoms with E-state index in [2.05, 4.69) is 10.6 Å². The Kier molecular flexibility index (Phi) is 10.2. The van der Waals surface area contributed by atoms with Crippen LogP contribution < -0.4 is 10.6 Å². The predicted octanol–water partition coefficient (Wildman–Crippen LogP) is 3.45. The van der Waals surface area contributed by atoms with E-state index in [1.165, 1.54) is 16.7 Å². The molecule has 0 aromatic heterocycles. The third kappa shape index (κ3) is 7.22. The summed E-state index contributed by atoms with van der Waals surface area (Å²) in [6, 6.07) is 13.5. The number of ether oxygens (including phenoxy) is 3. The summed E-state index contributed by atoms with van der Waals surface area (Å²) in [5.74, 6) is -0.739. The normalized spacial score (nSPS) is 25.5. The third-order valence-electron chi connectivity index (χ3n) is 8.87. The minimum Gasteiger partial charge on any atom is -0.443 e. The lowest BCUT2D eigenvalue weighted by atomic mass is 9.96. The molecule has 0 aliphatic carbocycles. The second kappa shape index (κ2) is 13.9. The van der Waals surface area contributed by atoms with Crippen LogP contribution in [0.25, 0.3) is 0 Å². The van der Waals surface area contributed by atoms with Crippen LogP contribution >= 0.6 is 11.8 Å². The van der Waals surface area contributed by atoms with Crippen LogP contribution in [0.1, 0.15) is 48.9 Å². The maximum Gasteiger partial charge on any atom is 0.407 e. The molecule has 5 rings (SSSR count). The number of carbonyl (C=O) groups excluding carboxylic acids is 3. The maximum atomic E-state index is 13.9. The zero-order valence-electron chi connectivity index (χ0n) is 25.8. The fourth-order valence-corrected chi connectivity index (χ4v) is 7.47. The highest BCUT2D eigenvalue weighted by atomic mass is 32.2. The lowest BCUT2D eigenvalue weighted by Crippen LogP contribution is -2.58. The molecule has 0 saturated carbocycles. The number of carbonyl (C=O) groups is 3. The molecule has 6 atom stereocenters. The number of benzene rings is 2. The standard InChI is InChI=1S/C33H43N3O7S/c1-20-10-8-11-21(2)24(20)17-34-29(38)28-33(3,4)44-19-36(28)30(39)27(37)25(16-22-12-6-5-7-13-22)35-32(40)43-26-18-42-31-23(26)14-9-15-41-31/h5-8,10-13,23,25-28,31,37H,9,14-19H2,1-4H3,(H,34,38)(H,35,40)/t23-,25-,26-,27-,28+,31+/m0/s1. The van der Waals surface area contributed by atoms with Gasteiger partial charge in [0.25, 0.3) is 5.91 Å². The van der Waals surface area contributed by atoms with Crippen LogP contribution in [0.15, 0.2) is 48.5 Å².